The summed E-state index contributed by atoms with van der Waals surface area (Å²) in [5.74, 6) is 1.27. The van der Waals surface area contributed by atoms with Gasteiger partial charge in [-0.1, -0.05) is 0 Å². The second-order valence-corrected chi connectivity index (χ2v) is 5.91. The molecule has 2 atom stereocenters. The molecule has 3 heterocycles. The van der Waals surface area contributed by atoms with Crippen LogP contribution in [0.2, 0.25) is 0 Å². The van der Waals surface area contributed by atoms with Gasteiger partial charge in [-0.05, 0) is 13.8 Å². The van der Waals surface area contributed by atoms with E-state index in [4.69, 9.17) is 9.15 Å². The van der Waals surface area contributed by atoms with Crippen LogP contribution in [0.5, 0.6) is 0 Å². The van der Waals surface area contributed by atoms with Crippen LogP contribution in [0, 0.1) is 13.8 Å². The molecule has 0 saturated carbocycles. The molecule has 0 N–H and O–H groups in total. The number of hydrogen-bond donors (Lipinski definition) is 0. The molecule has 6 nitrogen and oxygen atoms in total. The van der Waals surface area contributed by atoms with Crippen LogP contribution in [0.15, 0.2) is 9.80 Å². The van der Waals surface area contributed by atoms with Gasteiger partial charge in [-0.15, -0.1) is 21.5 Å². The van der Waals surface area contributed by atoms with E-state index < -0.39 is 0 Å². The molecule has 3 rings (SSSR count). The fourth-order valence-corrected chi connectivity index (χ4v) is 3.16. The van der Waals surface area contributed by atoms with E-state index in [2.05, 4.69) is 32.4 Å². The van der Waals surface area contributed by atoms with Crippen molar-refractivity contribution in [3.63, 3.8) is 0 Å². The van der Waals surface area contributed by atoms with Crippen LogP contribution in [0.4, 0.5) is 0 Å². The Morgan fingerprint density at radius 2 is 2.25 bits per heavy atom. The maximum Gasteiger partial charge on any atom is 0.233 e. The van der Waals surface area contributed by atoms with Crippen molar-refractivity contribution >= 4 is 11.3 Å². The van der Waals surface area contributed by atoms with Crippen molar-refractivity contribution in [2.45, 2.75) is 32.9 Å². The lowest BCUT2D eigenvalue weighted by Crippen LogP contribution is -2.40. The first-order chi connectivity index (χ1) is 9.63. The Kier molecular flexibility index (Phi) is 3.82. The summed E-state index contributed by atoms with van der Waals surface area (Å²) in [5.41, 5.74) is 1.05. The van der Waals surface area contributed by atoms with Gasteiger partial charge in [0.25, 0.3) is 0 Å². The summed E-state index contributed by atoms with van der Waals surface area (Å²) in [5, 5.41) is 11.1. The van der Waals surface area contributed by atoms with Gasteiger partial charge in [-0.3, -0.25) is 4.90 Å². The van der Waals surface area contributed by atoms with Gasteiger partial charge in [0.05, 0.1) is 12.6 Å². The van der Waals surface area contributed by atoms with Crippen molar-refractivity contribution in [3.8, 4) is 0 Å². The average molecular weight is 294 g/mol. The summed E-state index contributed by atoms with van der Waals surface area (Å²) in [4.78, 5) is 6.82. The van der Waals surface area contributed by atoms with Crippen LogP contribution in [0.25, 0.3) is 0 Å². The zero-order valence-corrected chi connectivity index (χ0v) is 12.7. The van der Waals surface area contributed by atoms with E-state index in [1.807, 2.05) is 13.8 Å². The molecule has 1 fully saturated rings. The third kappa shape index (κ3) is 2.74. The lowest BCUT2D eigenvalue weighted by Gasteiger charge is -2.34. The van der Waals surface area contributed by atoms with Gasteiger partial charge < -0.3 is 9.15 Å². The zero-order valence-electron chi connectivity index (χ0n) is 11.9. The van der Waals surface area contributed by atoms with E-state index in [1.165, 1.54) is 0 Å². The zero-order chi connectivity index (χ0) is 14.1. The largest absolute Gasteiger partial charge is 0.424 e. The predicted octanol–water partition coefficient (Wildman–Crippen LogP) is 2.28. The topological polar surface area (TPSA) is 64.3 Å². The fraction of sp³-hybridized carbons (Fsp3) is 0.615. The highest BCUT2D eigenvalue weighted by Crippen LogP contribution is 2.29. The molecular formula is C13H18N4O2S. The van der Waals surface area contributed by atoms with E-state index in [9.17, 15) is 0 Å². The van der Waals surface area contributed by atoms with E-state index in [1.54, 1.807) is 11.3 Å². The molecule has 0 aromatic carbocycles. The minimum atomic E-state index is 0.0360. The summed E-state index contributed by atoms with van der Waals surface area (Å²) in [6.45, 7) is 8.26. The second kappa shape index (κ2) is 5.59. The number of hydrogen-bond acceptors (Lipinski definition) is 7. The second-order valence-electron chi connectivity index (χ2n) is 5.02. The maximum absolute atomic E-state index is 5.84. The molecular weight excluding hydrogens is 276 g/mol. The Hall–Kier alpha value is -1.31. The summed E-state index contributed by atoms with van der Waals surface area (Å²) in [7, 11) is 0. The molecule has 1 aliphatic heterocycles. The smallest absolute Gasteiger partial charge is 0.233 e. The lowest BCUT2D eigenvalue weighted by molar-refractivity contribution is -0.0465. The Morgan fingerprint density at radius 1 is 1.40 bits per heavy atom. The van der Waals surface area contributed by atoms with Crippen molar-refractivity contribution in [3.05, 3.63) is 27.9 Å². The van der Waals surface area contributed by atoms with Gasteiger partial charge in [0.15, 0.2) is 0 Å². The first kappa shape index (κ1) is 13.7. The minimum absolute atomic E-state index is 0.0360. The van der Waals surface area contributed by atoms with Crippen LogP contribution in [-0.2, 0) is 4.74 Å². The molecule has 7 heteroatoms. The van der Waals surface area contributed by atoms with E-state index in [0.717, 1.165) is 23.8 Å². The van der Waals surface area contributed by atoms with Crippen LogP contribution in [0.1, 0.15) is 41.6 Å². The van der Waals surface area contributed by atoms with Gasteiger partial charge in [0.2, 0.25) is 11.8 Å². The highest BCUT2D eigenvalue weighted by Gasteiger charge is 2.29. The van der Waals surface area contributed by atoms with Crippen molar-refractivity contribution in [2.24, 2.45) is 0 Å². The maximum atomic E-state index is 5.84. The van der Waals surface area contributed by atoms with E-state index >= 15 is 0 Å². The molecule has 0 bridgehead atoms. The third-order valence-corrected chi connectivity index (χ3v) is 4.51. The van der Waals surface area contributed by atoms with Crippen molar-refractivity contribution in [1.29, 1.82) is 0 Å². The number of thiazole rings is 1. The summed E-state index contributed by atoms with van der Waals surface area (Å²) in [6, 6.07) is 0.101. The molecule has 0 unspecified atom stereocenters. The lowest BCUT2D eigenvalue weighted by atomic mass is 10.2. The first-order valence-electron chi connectivity index (χ1n) is 6.71. The molecule has 0 radical (unpaired) electrons. The van der Waals surface area contributed by atoms with Crippen molar-refractivity contribution in [1.82, 2.24) is 20.1 Å². The average Bonchev–Trinajstić information content (AvgIpc) is 3.07. The number of nitrogens with zero attached hydrogens (tertiary/aromatic N) is 4. The number of ether oxygens (including phenoxy) is 1. The van der Waals surface area contributed by atoms with Gasteiger partial charge in [0.1, 0.15) is 11.1 Å². The number of aromatic nitrogens is 3. The molecule has 108 valence electrons. The number of aryl methyl sites for hydroxylation is 2. The van der Waals surface area contributed by atoms with Gasteiger partial charge >= 0.3 is 0 Å². The highest BCUT2D eigenvalue weighted by atomic mass is 32.1. The third-order valence-electron chi connectivity index (χ3n) is 3.46. The summed E-state index contributed by atoms with van der Waals surface area (Å²) < 4.78 is 11.4. The monoisotopic (exact) mass is 294 g/mol. The van der Waals surface area contributed by atoms with E-state index in [0.29, 0.717) is 18.4 Å². The number of rotatable bonds is 3. The summed E-state index contributed by atoms with van der Waals surface area (Å²) >= 11 is 1.66. The molecule has 1 aliphatic rings. The van der Waals surface area contributed by atoms with Crippen molar-refractivity contribution < 1.29 is 9.15 Å². The first-order valence-corrected chi connectivity index (χ1v) is 7.59. The van der Waals surface area contributed by atoms with Crippen LogP contribution >= 0.6 is 11.3 Å². The molecule has 2 aromatic heterocycles. The Balaban J connectivity index is 1.71. The Labute approximate surface area is 121 Å². The SMILES string of the molecule is Cc1csc([C@@H]2CN([C@@H](C)c3nnc(C)o3)CCO2)n1. The predicted molar refractivity (Wildman–Crippen MR) is 74.6 cm³/mol. The minimum Gasteiger partial charge on any atom is -0.424 e. The molecule has 0 aliphatic carbocycles. The highest BCUT2D eigenvalue weighted by molar-refractivity contribution is 7.09. The van der Waals surface area contributed by atoms with Gasteiger partial charge in [-0.2, -0.15) is 0 Å². The van der Waals surface area contributed by atoms with Gasteiger partial charge in [-0.25, -0.2) is 4.98 Å². The van der Waals surface area contributed by atoms with E-state index in [-0.39, 0.29) is 12.1 Å². The molecule has 1 saturated heterocycles. The number of morpholine rings is 1. The Morgan fingerprint density at radius 3 is 2.90 bits per heavy atom. The summed E-state index contributed by atoms with van der Waals surface area (Å²) in [6.07, 6.45) is 0.0360. The van der Waals surface area contributed by atoms with Crippen LogP contribution in [0.3, 0.4) is 0 Å². The van der Waals surface area contributed by atoms with Crippen molar-refractivity contribution in [2.75, 3.05) is 19.7 Å². The normalized spacial score (nSPS) is 22.1. The standard InChI is InChI=1S/C13H18N4O2S/c1-8-7-20-13(14-8)11-6-17(4-5-18-11)9(2)12-16-15-10(3)19-12/h7,9,11H,4-6H2,1-3H3/t9-,11-/m0/s1. The molecule has 20 heavy (non-hydrogen) atoms. The van der Waals surface area contributed by atoms with Crippen LogP contribution in [-0.4, -0.2) is 39.8 Å². The quantitative estimate of drug-likeness (QED) is 0.865. The fourth-order valence-electron chi connectivity index (χ4n) is 2.33. The van der Waals surface area contributed by atoms with Gasteiger partial charge in [0, 0.05) is 31.1 Å². The molecule has 0 spiro atoms. The molecule has 0 amide bonds. The van der Waals surface area contributed by atoms with Crippen LogP contribution < -0.4 is 0 Å². The Bertz CT molecular complexity index is 544. The molecule has 2 aromatic rings.